The molecule has 1 unspecified atom stereocenters. The number of halogens is 1. The van der Waals surface area contributed by atoms with Crippen LogP contribution in [0.5, 0.6) is 0 Å². The van der Waals surface area contributed by atoms with E-state index in [1.54, 1.807) is 6.20 Å². The maximum absolute atomic E-state index is 6.13. The van der Waals surface area contributed by atoms with Crippen molar-refractivity contribution in [3.05, 3.63) is 30.1 Å². The van der Waals surface area contributed by atoms with Crippen LogP contribution in [0.15, 0.2) is 24.4 Å². The molecule has 0 N–H and O–H groups in total. The van der Waals surface area contributed by atoms with Crippen molar-refractivity contribution in [3.63, 3.8) is 0 Å². The van der Waals surface area contributed by atoms with Crippen LogP contribution >= 0.6 is 11.6 Å². The van der Waals surface area contributed by atoms with Gasteiger partial charge in [0.2, 0.25) is 0 Å². The Morgan fingerprint density at radius 2 is 2.36 bits per heavy atom. The summed E-state index contributed by atoms with van der Waals surface area (Å²) in [6, 6.07) is 5.89. The minimum Gasteiger partial charge on any atom is -0.382 e. The van der Waals surface area contributed by atoms with E-state index in [0.29, 0.717) is 0 Å². The van der Waals surface area contributed by atoms with E-state index in [1.165, 1.54) is 0 Å². The third-order valence-corrected chi connectivity index (χ3v) is 2.31. The summed E-state index contributed by atoms with van der Waals surface area (Å²) in [5.41, 5.74) is 1.05. The Labute approximate surface area is 90.3 Å². The summed E-state index contributed by atoms with van der Waals surface area (Å²) in [5, 5.41) is 0.122. The maximum atomic E-state index is 6.13. The first kappa shape index (κ1) is 11.5. The fourth-order valence-corrected chi connectivity index (χ4v) is 1.45. The summed E-state index contributed by atoms with van der Waals surface area (Å²) in [6.07, 6.45) is 3.49. The first-order valence-electron chi connectivity index (χ1n) is 4.94. The lowest BCUT2D eigenvalue weighted by molar-refractivity contribution is 0.144. The van der Waals surface area contributed by atoms with Crippen LogP contribution in [0.1, 0.15) is 19.0 Å². The zero-order valence-electron chi connectivity index (χ0n) is 8.45. The number of nitrogens with zero attached hydrogens (tertiary/aromatic N) is 1. The van der Waals surface area contributed by atoms with Crippen molar-refractivity contribution in [1.29, 1.82) is 0 Å². The summed E-state index contributed by atoms with van der Waals surface area (Å²) in [5.74, 6) is 0. The van der Waals surface area contributed by atoms with Crippen molar-refractivity contribution in [2.45, 2.75) is 25.1 Å². The summed E-state index contributed by atoms with van der Waals surface area (Å²) < 4.78 is 5.24. The number of hydrogen-bond acceptors (Lipinski definition) is 2. The van der Waals surface area contributed by atoms with Crippen molar-refractivity contribution < 1.29 is 4.74 Å². The highest BCUT2D eigenvalue weighted by Crippen LogP contribution is 2.09. The van der Waals surface area contributed by atoms with Crippen LogP contribution in [-0.2, 0) is 11.2 Å². The SMILES string of the molecule is CCOCCC(Cl)Cc1ccccn1. The van der Waals surface area contributed by atoms with Crippen LogP contribution in [0.4, 0.5) is 0 Å². The topological polar surface area (TPSA) is 22.1 Å². The van der Waals surface area contributed by atoms with E-state index in [-0.39, 0.29) is 5.38 Å². The van der Waals surface area contributed by atoms with Gasteiger partial charge in [-0.25, -0.2) is 0 Å². The fraction of sp³-hybridized carbons (Fsp3) is 0.545. The summed E-state index contributed by atoms with van der Waals surface area (Å²) in [7, 11) is 0. The summed E-state index contributed by atoms with van der Waals surface area (Å²) in [4.78, 5) is 4.22. The Morgan fingerprint density at radius 1 is 1.50 bits per heavy atom. The Morgan fingerprint density at radius 3 is 3.00 bits per heavy atom. The number of ether oxygens (including phenoxy) is 1. The van der Waals surface area contributed by atoms with Gasteiger partial charge in [0.1, 0.15) is 0 Å². The maximum Gasteiger partial charge on any atom is 0.0480 e. The van der Waals surface area contributed by atoms with E-state index >= 15 is 0 Å². The Kier molecular flexibility index (Phi) is 5.57. The van der Waals surface area contributed by atoms with Gasteiger partial charge in [-0.2, -0.15) is 0 Å². The Hall–Kier alpha value is -0.600. The molecule has 0 radical (unpaired) electrons. The summed E-state index contributed by atoms with van der Waals surface area (Å²) >= 11 is 6.13. The highest BCUT2D eigenvalue weighted by molar-refractivity contribution is 6.20. The highest BCUT2D eigenvalue weighted by Gasteiger charge is 2.05. The molecule has 0 amide bonds. The number of rotatable bonds is 6. The molecule has 1 aromatic heterocycles. The monoisotopic (exact) mass is 213 g/mol. The first-order chi connectivity index (χ1) is 6.83. The summed E-state index contributed by atoms with van der Waals surface area (Å²) in [6.45, 7) is 3.48. The van der Waals surface area contributed by atoms with Gasteiger partial charge in [-0.1, -0.05) is 6.07 Å². The predicted octanol–water partition coefficient (Wildman–Crippen LogP) is 2.66. The first-order valence-corrected chi connectivity index (χ1v) is 5.38. The predicted molar refractivity (Wildman–Crippen MR) is 58.7 cm³/mol. The van der Waals surface area contributed by atoms with Crippen LogP contribution in [-0.4, -0.2) is 23.6 Å². The molecule has 1 rings (SSSR count). The lowest BCUT2D eigenvalue weighted by atomic mass is 10.2. The molecule has 1 heterocycles. The van der Waals surface area contributed by atoms with Crippen LogP contribution in [0.3, 0.4) is 0 Å². The van der Waals surface area contributed by atoms with Gasteiger partial charge in [-0.15, -0.1) is 11.6 Å². The van der Waals surface area contributed by atoms with Gasteiger partial charge in [0, 0.05) is 36.9 Å². The Bertz CT molecular complexity index is 240. The van der Waals surface area contributed by atoms with Gasteiger partial charge >= 0.3 is 0 Å². The molecule has 0 aliphatic carbocycles. The largest absolute Gasteiger partial charge is 0.382 e. The smallest absolute Gasteiger partial charge is 0.0480 e. The molecular weight excluding hydrogens is 198 g/mol. The molecule has 0 spiro atoms. The zero-order valence-corrected chi connectivity index (χ0v) is 9.20. The molecule has 0 saturated carbocycles. The second-order valence-electron chi connectivity index (χ2n) is 3.11. The van der Waals surface area contributed by atoms with Crippen LogP contribution < -0.4 is 0 Å². The number of hydrogen-bond donors (Lipinski definition) is 0. The van der Waals surface area contributed by atoms with Crippen molar-refractivity contribution >= 4 is 11.6 Å². The molecule has 3 heteroatoms. The van der Waals surface area contributed by atoms with Gasteiger partial charge in [-0.05, 0) is 25.5 Å². The number of pyridine rings is 1. The Balaban J connectivity index is 2.23. The minimum absolute atomic E-state index is 0.122. The van der Waals surface area contributed by atoms with E-state index in [4.69, 9.17) is 16.3 Å². The van der Waals surface area contributed by atoms with E-state index in [9.17, 15) is 0 Å². The molecule has 0 aliphatic heterocycles. The lowest BCUT2D eigenvalue weighted by Gasteiger charge is -2.08. The third kappa shape index (κ3) is 4.58. The number of alkyl halides is 1. The second-order valence-corrected chi connectivity index (χ2v) is 3.73. The molecule has 78 valence electrons. The van der Waals surface area contributed by atoms with E-state index < -0.39 is 0 Å². The standard InChI is InChI=1S/C11H16ClNO/c1-2-14-8-6-10(12)9-11-5-3-4-7-13-11/h3-5,7,10H,2,6,8-9H2,1H3. The third-order valence-electron chi connectivity index (χ3n) is 1.94. The molecule has 0 aliphatic rings. The second kappa shape index (κ2) is 6.80. The average Bonchev–Trinajstić information content (AvgIpc) is 2.20. The highest BCUT2D eigenvalue weighted by atomic mass is 35.5. The van der Waals surface area contributed by atoms with E-state index in [2.05, 4.69) is 4.98 Å². The zero-order chi connectivity index (χ0) is 10.2. The van der Waals surface area contributed by atoms with Crippen LogP contribution in [0, 0.1) is 0 Å². The molecular formula is C11H16ClNO. The molecule has 0 aromatic carbocycles. The molecule has 0 fully saturated rings. The van der Waals surface area contributed by atoms with Gasteiger partial charge in [-0.3, -0.25) is 4.98 Å². The van der Waals surface area contributed by atoms with Gasteiger partial charge < -0.3 is 4.74 Å². The van der Waals surface area contributed by atoms with Crippen molar-refractivity contribution in [2.75, 3.05) is 13.2 Å². The van der Waals surface area contributed by atoms with Gasteiger partial charge in [0.25, 0.3) is 0 Å². The van der Waals surface area contributed by atoms with E-state index in [1.807, 2.05) is 25.1 Å². The van der Waals surface area contributed by atoms with Crippen LogP contribution in [0.2, 0.25) is 0 Å². The van der Waals surface area contributed by atoms with Crippen molar-refractivity contribution in [3.8, 4) is 0 Å². The van der Waals surface area contributed by atoms with Crippen molar-refractivity contribution in [2.24, 2.45) is 0 Å². The molecule has 0 bridgehead atoms. The molecule has 1 atom stereocenters. The molecule has 1 aromatic rings. The normalized spacial score (nSPS) is 12.7. The minimum atomic E-state index is 0.122. The molecule has 14 heavy (non-hydrogen) atoms. The fourth-order valence-electron chi connectivity index (χ4n) is 1.20. The average molecular weight is 214 g/mol. The van der Waals surface area contributed by atoms with E-state index in [0.717, 1.165) is 31.7 Å². The molecule has 0 saturated heterocycles. The molecule has 2 nitrogen and oxygen atoms in total. The lowest BCUT2D eigenvalue weighted by Crippen LogP contribution is -2.08. The quantitative estimate of drug-likeness (QED) is 0.536. The van der Waals surface area contributed by atoms with Gasteiger partial charge in [0.05, 0.1) is 0 Å². The van der Waals surface area contributed by atoms with Gasteiger partial charge in [0.15, 0.2) is 0 Å². The van der Waals surface area contributed by atoms with Crippen LogP contribution in [0.25, 0.3) is 0 Å². The number of aromatic nitrogens is 1. The van der Waals surface area contributed by atoms with Crippen molar-refractivity contribution in [1.82, 2.24) is 4.98 Å².